The minimum atomic E-state index is 0.731. The van der Waals surface area contributed by atoms with Gasteiger partial charge < -0.3 is 10.3 Å². The summed E-state index contributed by atoms with van der Waals surface area (Å²) in [5.41, 5.74) is 1.73. The second-order valence-electron chi connectivity index (χ2n) is 2.51. The van der Waals surface area contributed by atoms with Crippen LogP contribution in [0.3, 0.4) is 0 Å². The van der Waals surface area contributed by atoms with Gasteiger partial charge in [-0.25, -0.2) is 4.98 Å². The number of aromatic nitrogens is 4. The Labute approximate surface area is 75.2 Å². The molecule has 5 nitrogen and oxygen atoms in total. The molecule has 0 aromatic carbocycles. The molecule has 0 unspecified atom stereocenters. The van der Waals surface area contributed by atoms with Crippen LogP contribution < -0.4 is 5.32 Å². The van der Waals surface area contributed by atoms with Gasteiger partial charge in [-0.05, 0) is 6.07 Å². The van der Waals surface area contributed by atoms with Crippen LogP contribution in [-0.2, 0) is 0 Å². The molecule has 0 amide bonds. The molecule has 0 aliphatic carbocycles. The molecule has 0 aliphatic rings. The molecule has 0 aliphatic heterocycles. The molecule has 2 aromatic heterocycles. The fourth-order valence-corrected chi connectivity index (χ4v) is 1.12. The molecule has 5 heteroatoms. The minimum absolute atomic E-state index is 0.731. The zero-order valence-corrected chi connectivity index (χ0v) is 7.15. The van der Waals surface area contributed by atoms with Crippen molar-refractivity contribution < 1.29 is 0 Å². The van der Waals surface area contributed by atoms with Gasteiger partial charge in [0.2, 0.25) is 0 Å². The van der Waals surface area contributed by atoms with Gasteiger partial charge in [0.25, 0.3) is 0 Å². The molecule has 0 radical (unpaired) electrons. The van der Waals surface area contributed by atoms with E-state index in [2.05, 4.69) is 25.5 Å². The van der Waals surface area contributed by atoms with Crippen LogP contribution in [0.25, 0.3) is 11.3 Å². The summed E-state index contributed by atoms with van der Waals surface area (Å²) in [6.45, 7) is 0. The van der Waals surface area contributed by atoms with E-state index < -0.39 is 0 Å². The van der Waals surface area contributed by atoms with Gasteiger partial charge in [0.15, 0.2) is 5.82 Å². The predicted molar refractivity (Wildman–Crippen MR) is 49.2 cm³/mol. The van der Waals surface area contributed by atoms with E-state index in [1.807, 2.05) is 18.5 Å². The molecule has 0 saturated carbocycles. The Morgan fingerprint density at radius 2 is 2.38 bits per heavy atom. The third-order valence-electron chi connectivity index (χ3n) is 1.73. The maximum Gasteiger partial charge on any atom is 0.156 e. The van der Waals surface area contributed by atoms with Gasteiger partial charge >= 0.3 is 0 Å². The highest BCUT2D eigenvalue weighted by molar-refractivity contribution is 5.69. The summed E-state index contributed by atoms with van der Waals surface area (Å²) in [5.74, 6) is 0.731. The standard InChI is InChI=1S/C8H9N5/c1-9-8-7(13-12-5-11-8)6-2-3-10-4-6/h2-5,10H,1H3,(H,9,11,12). The van der Waals surface area contributed by atoms with Crippen molar-refractivity contribution in [1.29, 1.82) is 0 Å². The van der Waals surface area contributed by atoms with E-state index in [1.165, 1.54) is 6.33 Å². The number of nitrogens with one attached hydrogen (secondary N) is 2. The van der Waals surface area contributed by atoms with E-state index >= 15 is 0 Å². The maximum absolute atomic E-state index is 4.05. The van der Waals surface area contributed by atoms with Crippen molar-refractivity contribution in [2.45, 2.75) is 0 Å². The Hall–Kier alpha value is -1.91. The molecular formula is C8H9N5. The number of anilines is 1. The topological polar surface area (TPSA) is 66.5 Å². The zero-order valence-electron chi connectivity index (χ0n) is 7.15. The van der Waals surface area contributed by atoms with E-state index in [-0.39, 0.29) is 0 Å². The lowest BCUT2D eigenvalue weighted by molar-refractivity contribution is 0.978. The predicted octanol–water partition coefficient (Wildman–Crippen LogP) is 0.908. The van der Waals surface area contributed by atoms with Gasteiger partial charge in [-0.2, -0.15) is 0 Å². The summed E-state index contributed by atoms with van der Waals surface area (Å²) in [7, 11) is 1.81. The van der Waals surface area contributed by atoms with E-state index in [9.17, 15) is 0 Å². The molecule has 0 bridgehead atoms. The normalized spacial score (nSPS) is 9.92. The first-order valence-corrected chi connectivity index (χ1v) is 3.90. The first-order chi connectivity index (χ1) is 6.42. The number of nitrogens with zero attached hydrogens (tertiary/aromatic N) is 3. The fraction of sp³-hybridized carbons (Fsp3) is 0.125. The molecule has 2 rings (SSSR count). The van der Waals surface area contributed by atoms with E-state index in [0.29, 0.717) is 0 Å². The molecule has 2 aromatic rings. The molecule has 0 saturated heterocycles. The lowest BCUT2D eigenvalue weighted by Gasteiger charge is -2.02. The molecule has 2 heterocycles. The molecule has 0 fully saturated rings. The number of rotatable bonds is 2. The minimum Gasteiger partial charge on any atom is -0.371 e. The zero-order chi connectivity index (χ0) is 9.10. The van der Waals surface area contributed by atoms with Crippen LogP contribution in [0.2, 0.25) is 0 Å². The van der Waals surface area contributed by atoms with E-state index in [0.717, 1.165) is 17.1 Å². The summed E-state index contributed by atoms with van der Waals surface area (Å²) in [6.07, 6.45) is 5.11. The third kappa shape index (κ3) is 1.35. The maximum atomic E-state index is 4.05. The smallest absolute Gasteiger partial charge is 0.156 e. The lowest BCUT2D eigenvalue weighted by Crippen LogP contribution is -1.98. The van der Waals surface area contributed by atoms with Gasteiger partial charge in [0.1, 0.15) is 12.0 Å². The fourth-order valence-electron chi connectivity index (χ4n) is 1.12. The molecule has 66 valence electrons. The first-order valence-electron chi connectivity index (χ1n) is 3.90. The molecule has 13 heavy (non-hydrogen) atoms. The third-order valence-corrected chi connectivity index (χ3v) is 1.73. The summed E-state index contributed by atoms with van der Waals surface area (Å²) in [5, 5.41) is 10.7. The first kappa shape index (κ1) is 7.72. The van der Waals surface area contributed by atoms with Crippen LogP contribution >= 0.6 is 0 Å². The second-order valence-corrected chi connectivity index (χ2v) is 2.51. The largest absolute Gasteiger partial charge is 0.371 e. The average Bonchev–Trinajstić information content (AvgIpc) is 2.70. The van der Waals surface area contributed by atoms with Crippen molar-refractivity contribution in [3.05, 3.63) is 24.8 Å². The highest BCUT2D eigenvalue weighted by Gasteiger charge is 2.06. The van der Waals surface area contributed by atoms with Crippen molar-refractivity contribution in [2.24, 2.45) is 0 Å². The van der Waals surface area contributed by atoms with Crippen molar-refractivity contribution in [3.8, 4) is 11.3 Å². The van der Waals surface area contributed by atoms with Gasteiger partial charge in [-0.15, -0.1) is 10.2 Å². The van der Waals surface area contributed by atoms with Crippen LogP contribution in [0, 0.1) is 0 Å². The molecular weight excluding hydrogens is 166 g/mol. The highest BCUT2D eigenvalue weighted by Crippen LogP contribution is 2.20. The number of hydrogen-bond acceptors (Lipinski definition) is 4. The SMILES string of the molecule is CNc1ncnnc1-c1cc[nH]c1. The van der Waals surface area contributed by atoms with Crippen LogP contribution in [-0.4, -0.2) is 27.2 Å². The molecule has 0 spiro atoms. The summed E-state index contributed by atoms with van der Waals surface area (Å²) >= 11 is 0. The summed E-state index contributed by atoms with van der Waals surface area (Å²) < 4.78 is 0. The van der Waals surface area contributed by atoms with Gasteiger partial charge in [0, 0.05) is 25.0 Å². The monoisotopic (exact) mass is 175 g/mol. The van der Waals surface area contributed by atoms with Crippen molar-refractivity contribution in [2.75, 3.05) is 12.4 Å². The van der Waals surface area contributed by atoms with Gasteiger partial charge in [0.05, 0.1) is 0 Å². The van der Waals surface area contributed by atoms with Crippen LogP contribution in [0.5, 0.6) is 0 Å². The quantitative estimate of drug-likeness (QED) is 0.711. The highest BCUT2D eigenvalue weighted by atomic mass is 15.2. The van der Waals surface area contributed by atoms with Crippen LogP contribution in [0.4, 0.5) is 5.82 Å². The van der Waals surface area contributed by atoms with E-state index in [4.69, 9.17) is 0 Å². The Kier molecular flexibility index (Phi) is 1.91. The van der Waals surface area contributed by atoms with Gasteiger partial charge in [-0.3, -0.25) is 0 Å². The molecule has 0 atom stereocenters. The Balaban J connectivity index is 2.51. The van der Waals surface area contributed by atoms with Crippen molar-refractivity contribution >= 4 is 5.82 Å². The van der Waals surface area contributed by atoms with Gasteiger partial charge in [-0.1, -0.05) is 0 Å². The van der Waals surface area contributed by atoms with Crippen LogP contribution in [0.15, 0.2) is 24.8 Å². The lowest BCUT2D eigenvalue weighted by atomic mass is 10.2. The van der Waals surface area contributed by atoms with Crippen molar-refractivity contribution in [1.82, 2.24) is 20.2 Å². The number of aromatic amines is 1. The summed E-state index contributed by atoms with van der Waals surface area (Å²) in [6, 6.07) is 1.92. The Morgan fingerprint density at radius 1 is 1.46 bits per heavy atom. The van der Waals surface area contributed by atoms with Crippen molar-refractivity contribution in [3.63, 3.8) is 0 Å². The van der Waals surface area contributed by atoms with E-state index in [1.54, 1.807) is 7.05 Å². The van der Waals surface area contributed by atoms with Crippen LogP contribution in [0.1, 0.15) is 0 Å². The average molecular weight is 175 g/mol. The summed E-state index contributed by atoms with van der Waals surface area (Å²) in [4.78, 5) is 7.01. The Morgan fingerprint density at radius 3 is 3.08 bits per heavy atom. The number of H-pyrrole nitrogens is 1. The number of hydrogen-bond donors (Lipinski definition) is 2. The Bertz CT molecular complexity index is 381. The second kappa shape index (κ2) is 3.22. The molecule has 2 N–H and O–H groups in total.